The van der Waals surface area contributed by atoms with Crippen molar-refractivity contribution in [1.82, 2.24) is 4.57 Å². The summed E-state index contributed by atoms with van der Waals surface area (Å²) >= 11 is 0. The number of pyridine rings is 1. The molecule has 5 nitrogen and oxygen atoms in total. The van der Waals surface area contributed by atoms with Crippen LogP contribution < -0.4 is 5.43 Å². The van der Waals surface area contributed by atoms with Crippen LogP contribution in [-0.2, 0) is 6.42 Å². The summed E-state index contributed by atoms with van der Waals surface area (Å²) in [6.45, 7) is 8.38. The van der Waals surface area contributed by atoms with Crippen LogP contribution in [0.15, 0.2) is 39.7 Å². The molecule has 3 heterocycles. The first kappa shape index (κ1) is 16.6. The Balaban J connectivity index is 2.07. The van der Waals surface area contributed by atoms with Crippen molar-refractivity contribution in [2.45, 2.75) is 40.2 Å². The molecule has 0 unspecified atom stereocenters. The fraction of sp³-hybridized carbons (Fsp3) is 0.333. The highest BCUT2D eigenvalue weighted by molar-refractivity contribution is 5.90. The van der Waals surface area contributed by atoms with E-state index in [0.29, 0.717) is 11.5 Å². The SMILES string of the molecule is Cc1ccc2c3c(oc2c1)-c1cc(=O)c(C(=O)O)cn1[C@H](C(C)(C)C)C3. The average Bonchev–Trinajstić information content (AvgIpc) is 2.90. The Labute approximate surface area is 150 Å². The zero-order valence-corrected chi connectivity index (χ0v) is 15.3. The standard InChI is InChI=1S/C21H21NO4/c1-11-5-6-12-13-8-18(21(2,3)4)22-10-14(20(24)25)16(23)9-15(22)19(13)26-17(12)7-11/h5-7,9-10,18H,8H2,1-4H3,(H,24,25)/t18-/m0/s1. The van der Waals surface area contributed by atoms with E-state index in [0.717, 1.165) is 28.5 Å². The Morgan fingerprint density at radius 1 is 1.27 bits per heavy atom. The molecule has 0 spiro atoms. The monoisotopic (exact) mass is 351 g/mol. The molecule has 0 fully saturated rings. The van der Waals surface area contributed by atoms with Crippen LogP contribution in [0.25, 0.3) is 22.4 Å². The molecule has 26 heavy (non-hydrogen) atoms. The number of aryl methyl sites for hydroxylation is 1. The van der Waals surface area contributed by atoms with E-state index >= 15 is 0 Å². The molecule has 5 heteroatoms. The topological polar surface area (TPSA) is 72.4 Å². The molecule has 134 valence electrons. The van der Waals surface area contributed by atoms with Crippen molar-refractivity contribution in [3.05, 3.63) is 57.4 Å². The van der Waals surface area contributed by atoms with Gasteiger partial charge in [-0.15, -0.1) is 0 Å². The zero-order valence-electron chi connectivity index (χ0n) is 15.3. The maximum Gasteiger partial charge on any atom is 0.341 e. The number of hydrogen-bond acceptors (Lipinski definition) is 3. The normalized spacial score (nSPS) is 16.4. The third kappa shape index (κ3) is 2.38. The maximum absolute atomic E-state index is 12.3. The largest absolute Gasteiger partial charge is 0.477 e. The fourth-order valence-corrected chi connectivity index (χ4v) is 3.83. The lowest BCUT2D eigenvalue weighted by molar-refractivity contribution is 0.0693. The number of hydrogen-bond donors (Lipinski definition) is 1. The highest BCUT2D eigenvalue weighted by Gasteiger charge is 2.36. The van der Waals surface area contributed by atoms with Crippen molar-refractivity contribution in [2.24, 2.45) is 5.41 Å². The van der Waals surface area contributed by atoms with E-state index in [-0.39, 0.29) is 17.0 Å². The first-order valence-electron chi connectivity index (χ1n) is 8.68. The van der Waals surface area contributed by atoms with Gasteiger partial charge in [0.2, 0.25) is 0 Å². The molecule has 1 aromatic carbocycles. The number of benzene rings is 1. The summed E-state index contributed by atoms with van der Waals surface area (Å²) in [5.74, 6) is -0.538. The number of carboxylic acids is 1. The van der Waals surface area contributed by atoms with Crippen LogP contribution in [0.5, 0.6) is 0 Å². The van der Waals surface area contributed by atoms with Crippen molar-refractivity contribution < 1.29 is 14.3 Å². The lowest BCUT2D eigenvalue weighted by Gasteiger charge is -2.37. The molecule has 4 rings (SSSR count). The molecular formula is C21H21NO4. The van der Waals surface area contributed by atoms with Gasteiger partial charge in [-0.3, -0.25) is 4.79 Å². The van der Waals surface area contributed by atoms with E-state index in [1.165, 1.54) is 12.3 Å². The van der Waals surface area contributed by atoms with E-state index in [4.69, 9.17) is 4.42 Å². The summed E-state index contributed by atoms with van der Waals surface area (Å²) in [6.07, 6.45) is 2.20. The highest BCUT2D eigenvalue weighted by atomic mass is 16.4. The molecule has 1 N–H and O–H groups in total. The van der Waals surface area contributed by atoms with Crippen LogP contribution in [-0.4, -0.2) is 15.6 Å². The van der Waals surface area contributed by atoms with Crippen molar-refractivity contribution in [3.63, 3.8) is 0 Å². The number of aromatic carboxylic acids is 1. The second-order valence-electron chi connectivity index (χ2n) is 8.14. The molecule has 0 saturated carbocycles. The van der Waals surface area contributed by atoms with Gasteiger partial charge in [0.05, 0.1) is 5.69 Å². The Bertz CT molecular complexity index is 1110. The number of carbonyl (C=O) groups is 1. The Hall–Kier alpha value is -2.82. The van der Waals surface area contributed by atoms with Gasteiger partial charge in [-0.2, -0.15) is 0 Å². The number of carboxylic acid groups (broad SMARTS) is 1. The van der Waals surface area contributed by atoms with E-state index in [9.17, 15) is 14.7 Å². The zero-order chi connectivity index (χ0) is 18.8. The minimum absolute atomic E-state index is 0.0193. The third-order valence-corrected chi connectivity index (χ3v) is 5.22. The van der Waals surface area contributed by atoms with Crippen molar-refractivity contribution in [1.29, 1.82) is 0 Å². The van der Waals surface area contributed by atoms with Gasteiger partial charge in [-0.25, -0.2) is 4.79 Å². The summed E-state index contributed by atoms with van der Waals surface area (Å²) in [7, 11) is 0. The second kappa shape index (κ2) is 5.34. The number of nitrogens with zero attached hydrogens (tertiary/aromatic N) is 1. The molecule has 0 amide bonds. The van der Waals surface area contributed by atoms with Gasteiger partial charge in [-0.1, -0.05) is 32.9 Å². The molecule has 0 aliphatic carbocycles. The molecule has 0 radical (unpaired) electrons. The second-order valence-corrected chi connectivity index (χ2v) is 8.14. The number of rotatable bonds is 1. The van der Waals surface area contributed by atoms with Crippen LogP contribution in [0.4, 0.5) is 0 Å². The lowest BCUT2D eigenvalue weighted by Crippen LogP contribution is -2.32. The predicted molar refractivity (Wildman–Crippen MR) is 99.8 cm³/mol. The van der Waals surface area contributed by atoms with E-state index in [1.807, 2.05) is 17.6 Å². The van der Waals surface area contributed by atoms with Gasteiger partial charge < -0.3 is 14.1 Å². The van der Waals surface area contributed by atoms with Gasteiger partial charge in [-0.05, 0) is 30.4 Å². The molecule has 1 aliphatic rings. The van der Waals surface area contributed by atoms with Gasteiger partial charge >= 0.3 is 5.97 Å². The number of fused-ring (bicyclic) bond motifs is 5. The lowest BCUT2D eigenvalue weighted by atomic mass is 9.80. The molecule has 1 atom stereocenters. The molecule has 1 aliphatic heterocycles. The molecule has 2 aromatic heterocycles. The van der Waals surface area contributed by atoms with Crippen LogP contribution in [0.3, 0.4) is 0 Å². The van der Waals surface area contributed by atoms with E-state index in [1.54, 1.807) is 0 Å². The Morgan fingerprint density at radius 3 is 2.65 bits per heavy atom. The maximum atomic E-state index is 12.3. The van der Waals surface area contributed by atoms with Crippen LogP contribution in [0.2, 0.25) is 0 Å². The van der Waals surface area contributed by atoms with E-state index in [2.05, 4.69) is 32.9 Å². The average molecular weight is 351 g/mol. The summed E-state index contributed by atoms with van der Waals surface area (Å²) in [5, 5.41) is 10.4. The van der Waals surface area contributed by atoms with Gasteiger partial charge in [0.25, 0.3) is 0 Å². The minimum Gasteiger partial charge on any atom is -0.477 e. The summed E-state index contributed by atoms with van der Waals surface area (Å²) in [5.41, 5.74) is 2.81. The summed E-state index contributed by atoms with van der Waals surface area (Å²) in [6, 6.07) is 7.53. The van der Waals surface area contributed by atoms with E-state index < -0.39 is 11.4 Å². The van der Waals surface area contributed by atoms with Crippen LogP contribution in [0, 0.1) is 12.3 Å². The highest BCUT2D eigenvalue weighted by Crippen LogP contribution is 2.45. The summed E-state index contributed by atoms with van der Waals surface area (Å²) < 4.78 is 8.01. The van der Waals surface area contributed by atoms with Crippen molar-refractivity contribution >= 4 is 16.9 Å². The number of furan rings is 1. The van der Waals surface area contributed by atoms with Crippen LogP contribution >= 0.6 is 0 Å². The quantitative estimate of drug-likeness (QED) is 0.705. The van der Waals surface area contributed by atoms with Gasteiger partial charge in [0.1, 0.15) is 11.1 Å². The minimum atomic E-state index is -1.20. The van der Waals surface area contributed by atoms with Gasteiger partial charge in [0.15, 0.2) is 11.2 Å². The Kier molecular flexibility index (Phi) is 3.41. The summed E-state index contributed by atoms with van der Waals surface area (Å²) in [4.78, 5) is 23.8. The third-order valence-electron chi connectivity index (χ3n) is 5.22. The van der Waals surface area contributed by atoms with Crippen molar-refractivity contribution in [2.75, 3.05) is 0 Å². The first-order chi connectivity index (χ1) is 12.2. The molecule has 0 bridgehead atoms. The first-order valence-corrected chi connectivity index (χ1v) is 8.68. The van der Waals surface area contributed by atoms with Crippen LogP contribution in [0.1, 0.15) is 48.3 Å². The molecule has 3 aromatic rings. The van der Waals surface area contributed by atoms with Crippen molar-refractivity contribution in [3.8, 4) is 11.5 Å². The predicted octanol–water partition coefficient (Wildman–Crippen LogP) is 4.41. The molecule has 0 saturated heterocycles. The van der Waals surface area contributed by atoms with Gasteiger partial charge in [0, 0.05) is 29.3 Å². The Morgan fingerprint density at radius 2 is 2.00 bits per heavy atom. The molecular weight excluding hydrogens is 330 g/mol. The number of aromatic nitrogens is 1. The fourth-order valence-electron chi connectivity index (χ4n) is 3.83. The smallest absolute Gasteiger partial charge is 0.341 e.